The molecule has 126 valence electrons. The zero-order valence-electron chi connectivity index (χ0n) is 13.1. The van der Waals surface area contributed by atoms with Gasteiger partial charge in [-0.05, 0) is 42.3 Å². The van der Waals surface area contributed by atoms with Crippen molar-refractivity contribution in [3.05, 3.63) is 73.9 Å². The van der Waals surface area contributed by atoms with Crippen LogP contribution >= 0.6 is 23.2 Å². The van der Waals surface area contributed by atoms with Crippen LogP contribution in [0.4, 0.5) is 0 Å². The first kappa shape index (κ1) is 16.1. The normalized spacial score (nSPS) is 16.8. The van der Waals surface area contributed by atoms with Gasteiger partial charge < -0.3 is 9.25 Å². The van der Waals surface area contributed by atoms with Crippen LogP contribution < -0.4 is 5.63 Å². The minimum absolute atomic E-state index is 0.204. The summed E-state index contributed by atoms with van der Waals surface area (Å²) in [6, 6.07) is 10.6. The van der Waals surface area contributed by atoms with E-state index in [0.29, 0.717) is 27.4 Å². The van der Waals surface area contributed by atoms with Crippen molar-refractivity contribution in [3.8, 4) is 0 Å². The summed E-state index contributed by atoms with van der Waals surface area (Å²) in [7, 11) is 0. The molecule has 0 fully saturated rings. The Kier molecular flexibility index (Phi) is 3.98. The van der Waals surface area contributed by atoms with Gasteiger partial charge in [-0.3, -0.25) is 0 Å². The fraction of sp³-hybridized carbons (Fsp3) is 0.167. The fourth-order valence-corrected chi connectivity index (χ4v) is 3.18. The van der Waals surface area contributed by atoms with Gasteiger partial charge in [0.05, 0.1) is 16.6 Å². The smallest absolute Gasteiger partial charge is 0.347 e. The second kappa shape index (κ2) is 6.17. The number of aryl methyl sites for hydroxylation is 1. The monoisotopic (exact) mass is 374 g/mol. The predicted molar refractivity (Wildman–Crippen MR) is 96.5 cm³/mol. The molecule has 1 aliphatic heterocycles. The Balaban J connectivity index is 1.68. The SMILES string of the molecule is Cc1cc(Cl)cc2c(=O)oc(C3CC(c4ccc(Cl)cc4)=NO3)nc12. The molecule has 1 atom stereocenters. The highest BCUT2D eigenvalue weighted by molar-refractivity contribution is 6.31. The molecule has 1 aliphatic rings. The number of benzene rings is 2. The molecular formula is C18H12Cl2N2O3. The standard InChI is InChI=1S/C18H12Cl2N2O3/c1-9-6-12(20)7-13-16(9)21-17(24-18(13)23)15-8-14(22-25-15)10-2-4-11(19)5-3-10/h2-7,15H,8H2,1H3. The van der Waals surface area contributed by atoms with Crippen LogP contribution in [0.5, 0.6) is 0 Å². The van der Waals surface area contributed by atoms with Crippen molar-refractivity contribution in [2.24, 2.45) is 5.16 Å². The van der Waals surface area contributed by atoms with Crippen LogP contribution in [0.1, 0.15) is 29.5 Å². The van der Waals surface area contributed by atoms with E-state index in [9.17, 15) is 4.79 Å². The van der Waals surface area contributed by atoms with Gasteiger partial charge >= 0.3 is 5.63 Å². The van der Waals surface area contributed by atoms with Gasteiger partial charge in [0, 0.05) is 16.5 Å². The van der Waals surface area contributed by atoms with E-state index in [0.717, 1.165) is 16.8 Å². The molecule has 0 bridgehead atoms. The second-order valence-corrected chi connectivity index (χ2v) is 6.67. The van der Waals surface area contributed by atoms with E-state index in [-0.39, 0.29) is 5.89 Å². The maximum absolute atomic E-state index is 12.3. The lowest BCUT2D eigenvalue weighted by Gasteiger charge is -2.08. The summed E-state index contributed by atoms with van der Waals surface area (Å²) in [5.74, 6) is 0.204. The minimum atomic E-state index is -0.544. The van der Waals surface area contributed by atoms with Crippen molar-refractivity contribution in [2.75, 3.05) is 0 Å². The molecule has 1 unspecified atom stereocenters. The van der Waals surface area contributed by atoms with Crippen molar-refractivity contribution in [3.63, 3.8) is 0 Å². The van der Waals surface area contributed by atoms with E-state index in [1.807, 2.05) is 19.1 Å². The molecule has 0 saturated carbocycles. The van der Waals surface area contributed by atoms with E-state index in [1.54, 1.807) is 24.3 Å². The van der Waals surface area contributed by atoms with Gasteiger partial charge in [0.25, 0.3) is 0 Å². The summed E-state index contributed by atoms with van der Waals surface area (Å²) < 4.78 is 5.34. The van der Waals surface area contributed by atoms with Crippen LogP contribution in [0.3, 0.4) is 0 Å². The Morgan fingerprint density at radius 3 is 2.64 bits per heavy atom. The molecule has 0 aliphatic carbocycles. The first-order valence-corrected chi connectivity index (χ1v) is 8.36. The zero-order chi connectivity index (χ0) is 17.6. The third-order valence-corrected chi connectivity index (χ3v) is 4.50. The average molecular weight is 375 g/mol. The lowest BCUT2D eigenvalue weighted by molar-refractivity contribution is 0.0618. The third kappa shape index (κ3) is 3.01. The summed E-state index contributed by atoms with van der Waals surface area (Å²) in [4.78, 5) is 22.2. The maximum atomic E-state index is 12.3. The third-order valence-electron chi connectivity index (χ3n) is 4.03. The minimum Gasteiger partial charge on any atom is -0.404 e. The quantitative estimate of drug-likeness (QED) is 0.653. The van der Waals surface area contributed by atoms with Crippen LogP contribution in [0, 0.1) is 6.92 Å². The van der Waals surface area contributed by atoms with Gasteiger partial charge in [0.15, 0.2) is 0 Å². The molecule has 25 heavy (non-hydrogen) atoms. The van der Waals surface area contributed by atoms with Crippen LogP contribution in [-0.2, 0) is 4.84 Å². The molecule has 0 amide bonds. The first-order valence-electron chi connectivity index (χ1n) is 7.61. The van der Waals surface area contributed by atoms with Crippen LogP contribution in [-0.4, -0.2) is 10.7 Å². The number of rotatable bonds is 2. The molecule has 1 aromatic heterocycles. The van der Waals surface area contributed by atoms with Gasteiger partial charge in [0.1, 0.15) is 0 Å². The number of hydrogen-bond donors (Lipinski definition) is 0. The van der Waals surface area contributed by atoms with E-state index in [4.69, 9.17) is 32.5 Å². The van der Waals surface area contributed by atoms with Gasteiger partial charge in [-0.1, -0.05) is 40.5 Å². The van der Waals surface area contributed by atoms with Crippen LogP contribution in [0.25, 0.3) is 10.9 Å². The summed E-state index contributed by atoms with van der Waals surface area (Å²) in [5.41, 5.74) is 2.51. The lowest BCUT2D eigenvalue weighted by atomic mass is 10.0. The summed E-state index contributed by atoms with van der Waals surface area (Å²) in [5, 5.41) is 5.56. The van der Waals surface area contributed by atoms with E-state index < -0.39 is 11.7 Å². The Morgan fingerprint density at radius 2 is 1.88 bits per heavy atom. The molecule has 3 aromatic rings. The highest BCUT2D eigenvalue weighted by Crippen LogP contribution is 2.30. The number of fused-ring (bicyclic) bond motifs is 1. The Morgan fingerprint density at radius 1 is 1.12 bits per heavy atom. The Hall–Kier alpha value is -2.37. The zero-order valence-corrected chi connectivity index (χ0v) is 14.6. The van der Waals surface area contributed by atoms with Crippen LogP contribution in [0.15, 0.2) is 50.8 Å². The summed E-state index contributed by atoms with van der Waals surface area (Å²) in [6.07, 6.45) is -0.0896. The fourth-order valence-electron chi connectivity index (χ4n) is 2.78. The molecule has 0 N–H and O–H groups in total. The molecule has 7 heteroatoms. The van der Waals surface area contributed by atoms with Crippen molar-refractivity contribution in [1.82, 2.24) is 4.98 Å². The number of aromatic nitrogens is 1. The highest BCUT2D eigenvalue weighted by atomic mass is 35.5. The highest BCUT2D eigenvalue weighted by Gasteiger charge is 2.28. The molecule has 2 heterocycles. The summed E-state index contributed by atoms with van der Waals surface area (Å²) >= 11 is 11.9. The van der Waals surface area contributed by atoms with Gasteiger partial charge in [-0.15, -0.1) is 0 Å². The number of oxime groups is 1. The largest absolute Gasteiger partial charge is 0.404 e. The van der Waals surface area contributed by atoms with Crippen molar-refractivity contribution in [1.29, 1.82) is 0 Å². The maximum Gasteiger partial charge on any atom is 0.347 e. The van der Waals surface area contributed by atoms with E-state index >= 15 is 0 Å². The number of hydrogen-bond acceptors (Lipinski definition) is 5. The number of halogens is 2. The molecule has 0 spiro atoms. The molecule has 2 aromatic carbocycles. The lowest BCUT2D eigenvalue weighted by Crippen LogP contribution is -2.10. The van der Waals surface area contributed by atoms with Crippen molar-refractivity contribution >= 4 is 39.8 Å². The molecule has 0 radical (unpaired) electrons. The Labute approximate surface area is 152 Å². The van der Waals surface area contributed by atoms with Crippen molar-refractivity contribution in [2.45, 2.75) is 19.4 Å². The second-order valence-electron chi connectivity index (χ2n) is 5.80. The van der Waals surface area contributed by atoms with Gasteiger partial charge in [-0.25, -0.2) is 9.78 Å². The molecular weight excluding hydrogens is 363 g/mol. The molecule has 5 nitrogen and oxygen atoms in total. The average Bonchev–Trinajstić information content (AvgIpc) is 3.06. The van der Waals surface area contributed by atoms with E-state index in [1.165, 1.54) is 0 Å². The van der Waals surface area contributed by atoms with Gasteiger partial charge in [-0.2, -0.15) is 0 Å². The van der Waals surface area contributed by atoms with Crippen LogP contribution in [0.2, 0.25) is 10.0 Å². The van der Waals surface area contributed by atoms with E-state index in [2.05, 4.69) is 10.1 Å². The number of nitrogens with zero attached hydrogens (tertiary/aromatic N) is 2. The van der Waals surface area contributed by atoms with Gasteiger partial charge in [0.2, 0.25) is 12.0 Å². The Bertz CT molecular complexity index is 1060. The molecule has 0 saturated heterocycles. The topological polar surface area (TPSA) is 64.7 Å². The summed E-state index contributed by atoms with van der Waals surface area (Å²) in [6.45, 7) is 1.84. The predicted octanol–water partition coefficient (Wildman–Crippen LogP) is 4.67. The molecule has 4 rings (SSSR count). The van der Waals surface area contributed by atoms with Crippen molar-refractivity contribution < 1.29 is 9.25 Å². The first-order chi connectivity index (χ1) is 12.0.